The number of fused-ring (bicyclic) bond motifs is 1. The molecule has 0 aromatic heterocycles. The second-order valence-corrected chi connectivity index (χ2v) is 5.92. The van der Waals surface area contributed by atoms with Crippen molar-refractivity contribution >= 4 is 15.7 Å². The van der Waals surface area contributed by atoms with Crippen molar-refractivity contribution in [2.75, 3.05) is 16.6 Å². The second-order valence-electron chi connectivity index (χ2n) is 3.91. The first-order valence-corrected chi connectivity index (χ1v) is 6.94. The van der Waals surface area contributed by atoms with Crippen molar-refractivity contribution in [3.63, 3.8) is 0 Å². The van der Waals surface area contributed by atoms with Gasteiger partial charge in [0.1, 0.15) is 5.82 Å². The third-order valence-electron chi connectivity index (χ3n) is 2.70. The minimum absolute atomic E-state index is 0.114. The molecular weight excluding hydrogens is 229 g/mol. The van der Waals surface area contributed by atoms with Crippen LogP contribution in [0.1, 0.15) is 18.9 Å². The minimum Gasteiger partial charge on any atom is -0.270 e. The highest BCUT2D eigenvalue weighted by atomic mass is 32.2. The Kier molecular flexibility index (Phi) is 2.88. The molecule has 88 valence electrons. The van der Waals surface area contributed by atoms with Crippen LogP contribution in [0.3, 0.4) is 0 Å². The molecule has 0 amide bonds. The fourth-order valence-corrected chi connectivity index (χ4v) is 3.56. The van der Waals surface area contributed by atoms with Gasteiger partial charge in [-0.05, 0) is 30.5 Å². The molecule has 1 aliphatic rings. The average molecular weight is 243 g/mol. The van der Waals surface area contributed by atoms with E-state index in [9.17, 15) is 12.8 Å². The first-order chi connectivity index (χ1) is 7.54. The Balaban J connectivity index is 2.40. The van der Waals surface area contributed by atoms with Gasteiger partial charge in [0.05, 0.1) is 11.4 Å². The maximum Gasteiger partial charge on any atom is 0.235 e. The number of anilines is 1. The quantitative estimate of drug-likeness (QED) is 0.813. The molecule has 5 heteroatoms. The molecule has 0 fully saturated rings. The summed E-state index contributed by atoms with van der Waals surface area (Å²) in [5.41, 5.74) is 1.41. The van der Waals surface area contributed by atoms with Gasteiger partial charge in [-0.2, -0.15) is 0 Å². The lowest BCUT2D eigenvalue weighted by Gasteiger charge is -2.18. The Labute approximate surface area is 94.9 Å². The zero-order chi connectivity index (χ0) is 11.8. The fourth-order valence-electron chi connectivity index (χ4n) is 1.98. The van der Waals surface area contributed by atoms with Crippen LogP contribution in [-0.2, 0) is 16.4 Å². The van der Waals surface area contributed by atoms with Crippen LogP contribution in [0.4, 0.5) is 10.1 Å². The van der Waals surface area contributed by atoms with E-state index in [4.69, 9.17) is 0 Å². The van der Waals surface area contributed by atoms with Gasteiger partial charge in [0.15, 0.2) is 0 Å². The molecule has 1 aliphatic heterocycles. The summed E-state index contributed by atoms with van der Waals surface area (Å²) in [5.74, 6) is -0.277. The van der Waals surface area contributed by atoms with Crippen molar-refractivity contribution in [1.29, 1.82) is 0 Å². The molecule has 0 unspecified atom stereocenters. The molecule has 0 aliphatic carbocycles. The Hall–Kier alpha value is -1.10. The lowest BCUT2D eigenvalue weighted by Crippen LogP contribution is -2.31. The summed E-state index contributed by atoms with van der Waals surface area (Å²) in [7, 11) is -3.27. The predicted octanol–water partition coefficient (Wildman–Crippen LogP) is 1.93. The largest absolute Gasteiger partial charge is 0.270 e. The Morgan fingerprint density at radius 3 is 2.88 bits per heavy atom. The van der Waals surface area contributed by atoms with Crippen LogP contribution >= 0.6 is 0 Å². The van der Waals surface area contributed by atoms with E-state index in [1.54, 1.807) is 6.07 Å². The molecule has 0 saturated carbocycles. The molecule has 1 heterocycles. The van der Waals surface area contributed by atoms with Crippen LogP contribution in [0.2, 0.25) is 0 Å². The van der Waals surface area contributed by atoms with Crippen LogP contribution in [0.5, 0.6) is 0 Å². The number of hydrogen-bond donors (Lipinski definition) is 0. The van der Waals surface area contributed by atoms with Crippen molar-refractivity contribution in [1.82, 2.24) is 0 Å². The topological polar surface area (TPSA) is 37.4 Å². The van der Waals surface area contributed by atoms with Crippen LogP contribution in [-0.4, -0.2) is 20.7 Å². The van der Waals surface area contributed by atoms with Crippen molar-refractivity contribution in [3.05, 3.63) is 29.6 Å². The van der Waals surface area contributed by atoms with E-state index in [0.717, 1.165) is 5.56 Å². The number of rotatable bonds is 3. The van der Waals surface area contributed by atoms with Crippen LogP contribution < -0.4 is 4.31 Å². The first kappa shape index (κ1) is 11.4. The molecule has 1 aromatic carbocycles. The highest BCUT2D eigenvalue weighted by Crippen LogP contribution is 2.31. The fraction of sp³-hybridized carbons (Fsp3) is 0.455. The van der Waals surface area contributed by atoms with Crippen molar-refractivity contribution in [2.24, 2.45) is 0 Å². The molecule has 0 atom stereocenters. The minimum atomic E-state index is -3.27. The maximum absolute atomic E-state index is 13.1. The third kappa shape index (κ3) is 1.91. The maximum atomic E-state index is 13.1. The van der Waals surface area contributed by atoms with Crippen LogP contribution in [0, 0.1) is 5.82 Å². The summed E-state index contributed by atoms with van der Waals surface area (Å²) in [6, 6.07) is 4.33. The van der Waals surface area contributed by atoms with E-state index >= 15 is 0 Å². The number of nitrogens with zero attached hydrogens (tertiary/aromatic N) is 1. The van der Waals surface area contributed by atoms with E-state index in [2.05, 4.69) is 0 Å². The molecular formula is C11H14FNO2S. The molecule has 0 N–H and O–H groups in total. The van der Waals surface area contributed by atoms with Crippen LogP contribution in [0.25, 0.3) is 0 Å². The molecule has 0 saturated heterocycles. The summed E-state index contributed by atoms with van der Waals surface area (Å²) in [4.78, 5) is 0. The van der Waals surface area contributed by atoms with E-state index in [0.29, 0.717) is 25.1 Å². The van der Waals surface area contributed by atoms with Crippen molar-refractivity contribution < 1.29 is 12.8 Å². The zero-order valence-electron chi connectivity index (χ0n) is 9.11. The highest BCUT2D eigenvalue weighted by molar-refractivity contribution is 7.92. The van der Waals surface area contributed by atoms with Gasteiger partial charge in [0.2, 0.25) is 10.0 Å². The highest BCUT2D eigenvalue weighted by Gasteiger charge is 2.28. The second kappa shape index (κ2) is 4.05. The molecule has 0 radical (unpaired) electrons. The smallest absolute Gasteiger partial charge is 0.235 e. The number of hydrogen-bond acceptors (Lipinski definition) is 2. The lowest BCUT2D eigenvalue weighted by molar-refractivity contribution is 0.590. The van der Waals surface area contributed by atoms with Gasteiger partial charge < -0.3 is 0 Å². The molecule has 3 nitrogen and oxygen atoms in total. The van der Waals surface area contributed by atoms with Gasteiger partial charge in [0.25, 0.3) is 0 Å². The Morgan fingerprint density at radius 2 is 2.19 bits per heavy atom. The molecule has 0 bridgehead atoms. The summed E-state index contributed by atoms with van der Waals surface area (Å²) < 4.78 is 38.2. The van der Waals surface area contributed by atoms with Gasteiger partial charge in [-0.25, -0.2) is 12.8 Å². The zero-order valence-corrected chi connectivity index (χ0v) is 9.93. The van der Waals surface area contributed by atoms with Gasteiger partial charge in [-0.15, -0.1) is 0 Å². The Bertz CT molecular complexity index is 499. The normalized spacial score (nSPS) is 15.2. The van der Waals surface area contributed by atoms with Gasteiger partial charge in [0, 0.05) is 6.54 Å². The predicted molar refractivity (Wildman–Crippen MR) is 61.5 cm³/mol. The number of halogens is 1. The van der Waals surface area contributed by atoms with Crippen molar-refractivity contribution in [3.8, 4) is 0 Å². The van der Waals surface area contributed by atoms with E-state index in [-0.39, 0.29) is 5.75 Å². The van der Waals surface area contributed by atoms with E-state index in [1.807, 2.05) is 6.92 Å². The number of sulfonamides is 1. The van der Waals surface area contributed by atoms with Gasteiger partial charge in [-0.3, -0.25) is 4.31 Å². The summed E-state index contributed by atoms with van der Waals surface area (Å²) in [5, 5.41) is 0. The first-order valence-electron chi connectivity index (χ1n) is 5.33. The molecule has 1 aromatic rings. The molecule has 0 spiro atoms. The number of benzene rings is 1. The third-order valence-corrected chi connectivity index (χ3v) is 4.67. The molecule has 2 rings (SSSR count). The Morgan fingerprint density at radius 1 is 1.44 bits per heavy atom. The van der Waals surface area contributed by atoms with Gasteiger partial charge in [-0.1, -0.05) is 13.0 Å². The van der Waals surface area contributed by atoms with E-state index in [1.165, 1.54) is 16.4 Å². The van der Waals surface area contributed by atoms with Gasteiger partial charge >= 0.3 is 0 Å². The monoisotopic (exact) mass is 243 g/mol. The SMILES string of the molecule is CCCS(=O)(=O)N1CCc2ccc(F)cc21. The summed E-state index contributed by atoms with van der Waals surface area (Å²) in [6.07, 6.45) is 1.24. The van der Waals surface area contributed by atoms with Crippen molar-refractivity contribution in [2.45, 2.75) is 19.8 Å². The molecule has 16 heavy (non-hydrogen) atoms. The average Bonchev–Trinajstić information content (AvgIpc) is 2.60. The summed E-state index contributed by atoms with van der Waals surface area (Å²) >= 11 is 0. The van der Waals surface area contributed by atoms with Crippen LogP contribution in [0.15, 0.2) is 18.2 Å². The lowest BCUT2D eigenvalue weighted by atomic mass is 10.2. The standard InChI is InChI=1S/C11H14FNO2S/c1-2-7-16(14,15)13-6-5-9-3-4-10(12)8-11(9)13/h3-4,8H,2,5-7H2,1H3. The van der Waals surface area contributed by atoms with E-state index < -0.39 is 15.8 Å². The summed E-state index contributed by atoms with van der Waals surface area (Å²) in [6.45, 7) is 2.25.